The molecule has 0 aliphatic carbocycles. The van der Waals surface area contributed by atoms with E-state index in [2.05, 4.69) is 42.5 Å². The highest BCUT2D eigenvalue weighted by Crippen LogP contribution is 2.36. The second-order valence-corrected chi connectivity index (χ2v) is 8.58. The summed E-state index contributed by atoms with van der Waals surface area (Å²) in [6.45, 7) is 0. The molecule has 0 atom stereocenters. The van der Waals surface area contributed by atoms with Crippen LogP contribution in [0.25, 0.3) is 21.5 Å². The number of hydrogen-bond acceptors (Lipinski definition) is 9. The standard InChI is InChI=1S/C30H24N8O2/c1-32-18-21(17-31)28(36-30-33-14-7-15-34-30)38-37-26-23-12-5-3-9-20(23)16-24(27(26)39)29(40)35-25-13-6-10-19-8-2-4-11-22(19)25/h2-16,18,37-39H,1H3,(H,35,40)(H,33,34,36)/b28-21+,32-18?. The van der Waals surface area contributed by atoms with E-state index in [4.69, 9.17) is 0 Å². The van der Waals surface area contributed by atoms with Gasteiger partial charge in [-0.3, -0.25) is 20.6 Å². The second-order valence-electron chi connectivity index (χ2n) is 8.58. The molecule has 1 aromatic heterocycles. The van der Waals surface area contributed by atoms with E-state index < -0.39 is 5.91 Å². The zero-order valence-electron chi connectivity index (χ0n) is 21.4. The summed E-state index contributed by atoms with van der Waals surface area (Å²) in [6.07, 6.45) is 4.47. The molecule has 0 aliphatic heterocycles. The molecule has 4 aromatic carbocycles. The lowest BCUT2D eigenvalue weighted by molar-refractivity contribution is 0.102. The third-order valence-electron chi connectivity index (χ3n) is 6.07. The molecule has 5 aromatic rings. The van der Waals surface area contributed by atoms with Crippen LogP contribution in [-0.4, -0.2) is 34.2 Å². The minimum Gasteiger partial charge on any atom is -0.505 e. The van der Waals surface area contributed by atoms with Crippen molar-refractivity contribution in [2.24, 2.45) is 4.99 Å². The first-order valence-corrected chi connectivity index (χ1v) is 12.3. The summed E-state index contributed by atoms with van der Waals surface area (Å²) in [5, 5.41) is 30.1. The second kappa shape index (κ2) is 11.6. The molecule has 40 heavy (non-hydrogen) atoms. The highest BCUT2D eigenvalue weighted by molar-refractivity contribution is 6.14. The number of carbonyl (C=O) groups is 1. The minimum absolute atomic E-state index is 0.0662. The number of nitriles is 1. The van der Waals surface area contributed by atoms with Crippen molar-refractivity contribution in [1.29, 1.82) is 5.26 Å². The fourth-order valence-corrected chi connectivity index (χ4v) is 4.21. The number of aromatic hydroxyl groups is 1. The van der Waals surface area contributed by atoms with E-state index in [0.717, 1.165) is 10.8 Å². The van der Waals surface area contributed by atoms with Crippen LogP contribution < -0.4 is 21.5 Å². The lowest BCUT2D eigenvalue weighted by Crippen LogP contribution is -2.28. The maximum atomic E-state index is 13.5. The highest BCUT2D eigenvalue weighted by Gasteiger charge is 2.20. The average Bonchev–Trinajstić information content (AvgIpc) is 2.99. The number of phenolic OH excluding ortho intramolecular Hbond substituents is 1. The smallest absolute Gasteiger partial charge is 0.259 e. The molecule has 0 aliphatic rings. The van der Waals surface area contributed by atoms with Gasteiger partial charge in [0.15, 0.2) is 5.75 Å². The van der Waals surface area contributed by atoms with Gasteiger partial charge in [0.05, 0.1) is 5.56 Å². The Balaban J connectivity index is 1.52. The number of allylic oxidation sites excluding steroid dienone is 1. The predicted octanol–water partition coefficient (Wildman–Crippen LogP) is 5.21. The van der Waals surface area contributed by atoms with Crippen molar-refractivity contribution in [1.82, 2.24) is 15.4 Å². The third kappa shape index (κ3) is 5.34. The van der Waals surface area contributed by atoms with Gasteiger partial charge in [-0.2, -0.15) is 5.26 Å². The maximum Gasteiger partial charge on any atom is 0.259 e. The van der Waals surface area contributed by atoms with Gasteiger partial charge >= 0.3 is 0 Å². The Morgan fingerprint density at radius 3 is 2.38 bits per heavy atom. The monoisotopic (exact) mass is 528 g/mol. The van der Waals surface area contributed by atoms with Gasteiger partial charge in [0.25, 0.3) is 5.91 Å². The molecule has 1 heterocycles. The molecule has 0 spiro atoms. The van der Waals surface area contributed by atoms with Crippen molar-refractivity contribution in [3.8, 4) is 11.8 Å². The topological polar surface area (TPSA) is 147 Å². The summed E-state index contributed by atoms with van der Waals surface area (Å²) in [7, 11) is 1.54. The quantitative estimate of drug-likeness (QED) is 0.0798. The van der Waals surface area contributed by atoms with E-state index in [1.807, 2.05) is 60.7 Å². The SMILES string of the molecule is CN=C/C(C#N)=C(/NNc1c(O)c(C(=O)Nc2cccc3ccccc23)cc2ccccc12)Nc1ncccn1. The minimum atomic E-state index is -0.481. The summed E-state index contributed by atoms with van der Waals surface area (Å²) in [5.74, 6) is -0.332. The summed E-state index contributed by atoms with van der Waals surface area (Å²) in [5.41, 5.74) is 6.97. The Bertz CT molecular complexity index is 1800. The van der Waals surface area contributed by atoms with Gasteiger partial charge in [0.2, 0.25) is 5.95 Å². The molecule has 5 N–H and O–H groups in total. The molecule has 0 saturated carbocycles. The lowest BCUT2D eigenvalue weighted by Gasteiger charge is -2.19. The van der Waals surface area contributed by atoms with Gasteiger partial charge < -0.3 is 15.7 Å². The first kappa shape index (κ1) is 25.7. The fraction of sp³-hybridized carbons (Fsp3) is 0.0333. The fourth-order valence-electron chi connectivity index (χ4n) is 4.21. The Morgan fingerprint density at radius 2 is 1.62 bits per heavy atom. The molecule has 0 fully saturated rings. The van der Waals surface area contributed by atoms with Gasteiger partial charge in [0.1, 0.15) is 23.2 Å². The molecule has 0 saturated heterocycles. The Hall–Kier alpha value is -5.95. The number of aromatic nitrogens is 2. The van der Waals surface area contributed by atoms with Crippen molar-refractivity contribution >= 4 is 51.0 Å². The van der Waals surface area contributed by atoms with E-state index in [1.165, 1.54) is 6.21 Å². The van der Waals surface area contributed by atoms with Crippen LogP contribution in [0.1, 0.15) is 10.4 Å². The van der Waals surface area contributed by atoms with Crippen LogP contribution in [0, 0.1) is 11.3 Å². The number of hydrazine groups is 1. The number of hydrogen-bond donors (Lipinski definition) is 5. The predicted molar refractivity (Wildman–Crippen MR) is 157 cm³/mol. The van der Waals surface area contributed by atoms with Crippen LogP contribution in [0.4, 0.5) is 17.3 Å². The van der Waals surface area contributed by atoms with Gasteiger partial charge in [-0.25, -0.2) is 9.97 Å². The maximum absolute atomic E-state index is 13.5. The molecular weight excluding hydrogens is 504 g/mol. The van der Waals surface area contributed by atoms with Gasteiger partial charge in [-0.1, -0.05) is 60.7 Å². The van der Waals surface area contributed by atoms with Gasteiger partial charge in [-0.15, -0.1) is 0 Å². The van der Waals surface area contributed by atoms with Gasteiger partial charge in [0, 0.05) is 42.1 Å². The number of nitrogens with one attached hydrogen (secondary N) is 4. The lowest BCUT2D eigenvalue weighted by atomic mass is 10.0. The summed E-state index contributed by atoms with van der Waals surface area (Å²) < 4.78 is 0. The number of carbonyl (C=O) groups excluding carboxylic acids is 1. The number of amides is 1. The van der Waals surface area contributed by atoms with Crippen molar-refractivity contribution < 1.29 is 9.90 Å². The first-order valence-electron chi connectivity index (χ1n) is 12.3. The molecule has 0 radical (unpaired) electrons. The molecule has 1 amide bonds. The van der Waals surface area contributed by atoms with Crippen LogP contribution >= 0.6 is 0 Å². The number of benzene rings is 4. The number of rotatable bonds is 8. The molecule has 10 heteroatoms. The van der Waals surface area contributed by atoms with Crippen molar-refractivity contribution in [2.45, 2.75) is 0 Å². The zero-order chi connectivity index (χ0) is 27.9. The average molecular weight is 529 g/mol. The third-order valence-corrected chi connectivity index (χ3v) is 6.07. The number of anilines is 3. The van der Waals surface area contributed by atoms with Crippen molar-refractivity contribution in [3.05, 3.63) is 108 Å². The number of aliphatic imine (C=N–C) groups is 1. The van der Waals surface area contributed by atoms with E-state index in [-0.39, 0.29) is 34.3 Å². The Morgan fingerprint density at radius 1 is 0.925 bits per heavy atom. The number of nitrogens with zero attached hydrogens (tertiary/aromatic N) is 4. The summed E-state index contributed by atoms with van der Waals surface area (Å²) in [6, 6.07) is 26.0. The zero-order valence-corrected chi connectivity index (χ0v) is 21.4. The Labute approximate surface area is 229 Å². The molecule has 5 rings (SSSR count). The molecule has 196 valence electrons. The molecular formula is C30H24N8O2. The number of phenols is 1. The Kier molecular flexibility index (Phi) is 7.46. The highest BCUT2D eigenvalue weighted by atomic mass is 16.3. The van der Waals surface area contributed by atoms with Crippen molar-refractivity contribution in [3.63, 3.8) is 0 Å². The van der Waals surface area contributed by atoms with E-state index in [1.54, 1.807) is 37.6 Å². The van der Waals surface area contributed by atoms with Gasteiger partial charge in [-0.05, 0) is 29.0 Å². The molecule has 10 nitrogen and oxygen atoms in total. The van der Waals surface area contributed by atoms with E-state index in [9.17, 15) is 15.2 Å². The molecule has 0 unspecified atom stereocenters. The van der Waals surface area contributed by atoms with Crippen LogP contribution in [0.3, 0.4) is 0 Å². The number of fused-ring (bicyclic) bond motifs is 2. The summed E-state index contributed by atoms with van der Waals surface area (Å²) >= 11 is 0. The van der Waals surface area contributed by atoms with Crippen molar-refractivity contribution in [2.75, 3.05) is 23.1 Å². The normalized spacial score (nSPS) is 11.6. The van der Waals surface area contributed by atoms with E-state index in [0.29, 0.717) is 16.5 Å². The van der Waals surface area contributed by atoms with Crippen LogP contribution in [0.15, 0.2) is 108 Å². The van der Waals surface area contributed by atoms with Crippen LogP contribution in [-0.2, 0) is 0 Å². The molecule has 0 bridgehead atoms. The summed E-state index contributed by atoms with van der Waals surface area (Å²) in [4.78, 5) is 25.7. The largest absolute Gasteiger partial charge is 0.505 e. The van der Waals surface area contributed by atoms with Crippen LogP contribution in [0.2, 0.25) is 0 Å². The first-order chi connectivity index (χ1) is 19.6. The van der Waals surface area contributed by atoms with Crippen LogP contribution in [0.5, 0.6) is 5.75 Å². The van der Waals surface area contributed by atoms with E-state index >= 15 is 0 Å².